The van der Waals surface area contributed by atoms with Crippen molar-refractivity contribution >= 4 is 21.6 Å². The van der Waals surface area contributed by atoms with Crippen molar-refractivity contribution in [3.8, 4) is 11.5 Å². The van der Waals surface area contributed by atoms with Crippen molar-refractivity contribution < 1.29 is 9.47 Å². The second-order valence-corrected chi connectivity index (χ2v) is 5.95. The molecule has 0 aliphatic carbocycles. The van der Waals surface area contributed by atoms with E-state index in [-0.39, 0.29) is 5.56 Å². The molecule has 0 radical (unpaired) electrons. The van der Waals surface area contributed by atoms with Crippen LogP contribution in [0.4, 0.5) is 0 Å². The largest absolute Gasteiger partial charge is 0.494 e. The molecule has 0 fully saturated rings. The summed E-state index contributed by atoms with van der Waals surface area (Å²) in [7, 11) is 0. The van der Waals surface area contributed by atoms with Gasteiger partial charge < -0.3 is 9.47 Å². The number of rotatable bonds is 7. The van der Waals surface area contributed by atoms with Gasteiger partial charge >= 0.3 is 0 Å². The van der Waals surface area contributed by atoms with Gasteiger partial charge in [-0.3, -0.25) is 9.36 Å². The minimum atomic E-state index is -0.0248. The standard InChI is InChI=1S/C17H18N2O3S/c1-2-9-21-13-3-5-14(6-4-13)22-10-8-19-12-18-16-15(17(19)20)7-11-23-16/h3-7,11-12H,2,8-10H2,1H3. The first-order valence-corrected chi connectivity index (χ1v) is 8.44. The molecule has 2 heterocycles. The highest BCUT2D eigenvalue weighted by atomic mass is 32.1. The molecule has 0 saturated heterocycles. The molecule has 0 aliphatic heterocycles. The van der Waals surface area contributed by atoms with Crippen molar-refractivity contribution in [3.63, 3.8) is 0 Å². The highest BCUT2D eigenvalue weighted by Crippen LogP contribution is 2.18. The summed E-state index contributed by atoms with van der Waals surface area (Å²) in [6.45, 7) is 3.65. The molecule has 120 valence electrons. The summed E-state index contributed by atoms with van der Waals surface area (Å²) in [6.07, 6.45) is 2.56. The molecule has 23 heavy (non-hydrogen) atoms. The fourth-order valence-corrected chi connectivity index (χ4v) is 2.89. The Kier molecular flexibility index (Phi) is 4.92. The molecular weight excluding hydrogens is 312 g/mol. The summed E-state index contributed by atoms with van der Waals surface area (Å²) in [5.41, 5.74) is -0.0248. The maximum atomic E-state index is 12.2. The summed E-state index contributed by atoms with van der Waals surface area (Å²) >= 11 is 1.47. The van der Waals surface area contributed by atoms with E-state index in [2.05, 4.69) is 11.9 Å². The second-order valence-electron chi connectivity index (χ2n) is 5.05. The molecule has 0 atom stereocenters. The Labute approximate surface area is 138 Å². The highest BCUT2D eigenvalue weighted by Gasteiger charge is 2.05. The van der Waals surface area contributed by atoms with Gasteiger partial charge in [0.1, 0.15) is 22.9 Å². The average molecular weight is 330 g/mol. The highest BCUT2D eigenvalue weighted by molar-refractivity contribution is 7.16. The number of fused-ring (bicyclic) bond motifs is 1. The Morgan fingerprint density at radius 1 is 1.09 bits per heavy atom. The van der Waals surface area contributed by atoms with E-state index in [4.69, 9.17) is 9.47 Å². The zero-order valence-electron chi connectivity index (χ0n) is 12.9. The second kappa shape index (κ2) is 7.28. The zero-order valence-corrected chi connectivity index (χ0v) is 13.7. The van der Waals surface area contributed by atoms with Gasteiger partial charge in [-0.25, -0.2) is 4.98 Å². The van der Waals surface area contributed by atoms with E-state index in [9.17, 15) is 4.79 Å². The molecule has 0 N–H and O–H groups in total. The summed E-state index contributed by atoms with van der Waals surface area (Å²) in [5, 5.41) is 2.54. The van der Waals surface area contributed by atoms with Gasteiger partial charge in [0, 0.05) is 0 Å². The Balaban J connectivity index is 1.58. The average Bonchev–Trinajstić information content (AvgIpc) is 3.06. The van der Waals surface area contributed by atoms with Gasteiger partial charge in [-0.2, -0.15) is 0 Å². The van der Waals surface area contributed by atoms with E-state index in [1.807, 2.05) is 35.7 Å². The molecule has 0 spiro atoms. The zero-order chi connectivity index (χ0) is 16.1. The predicted octanol–water partition coefficient (Wildman–Crippen LogP) is 3.33. The van der Waals surface area contributed by atoms with E-state index >= 15 is 0 Å². The number of nitrogens with zero attached hydrogens (tertiary/aromatic N) is 2. The van der Waals surface area contributed by atoms with Crippen molar-refractivity contribution in [3.05, 3.63) is 52.4 Å². The Hall–Kier alpha value is -2.34. The van der Waals surface area contributed by atoms with Crippen LogP contribution in [0.25, 0.3) is 10.2 Å². The number of aromatic nitrogens is 2. The summed E-state index contributed by atoms with van der Waals surface area (Å²) in [6, 6.07) is 9.32. The SMILES string of the molecule is CCCOc1ccc(OCCn2cnc3sccc3c2=O)cc1. The van der Waals surface area contributed by atoms with Crippen LogP contribution in [0, 0.1) is 0 Å². The van der Waals surface area contributed by atoms with Crippen molar-refractivity contribution in [2.45, 2.75) is 19.9 Å². The Bertz CT molecular complexity index is 824. The third-order valence-electron chi connectivity index (χ3n) is 3.35. The Morgan fingerprint density at radius 2 is 1.78 bits per heavy atom. The van der Waals surface area contributed by atoms with E-state index in [0.717, 1.165) is 22.8 Å². The van der Waals surface area contributed by atoms with Crippen LogP contribution in [0.5, 0.6) is 11.5 Å². The first-order valence-electron chi connectivity index (χ1n) is 7.56. The molecule has 2 aromatic heterocycles. The minimum Gasteiger partial charge on any atom is -0.494 e. The van der Waals surface area contributed by atoms with Crippen molar-refractivity contribution in [2.75, 3.05) is 13.2 Å². The monoisotopic (exact) mass is 330 g/mol. The van der Waals surface area contributed by atoms with E-state index < -0.39 is 0 Å². The normalized spacial score (nSPS) is 10.8. The van der Waals surface area contributed by atoms with Gasteiger partial charge in [-0.05, 0) is 42.1 Å². The van der Waals surface area contributed by atoms with E-state index in [0.29, 0.717) is 25.1 Å². The lowest BCUT2D eigenvalue weighted by Gasteiger charge is -2.09. The number of thiophene rings is 1. The van der Waals surface area contributed by atoms with Crippen molar-refractivity contribution in [1.29, 1.82) is 0 Å². The molecule has 0 saturated carbocycles. The van der Waals surface area contributed by atoms with Gasteiger partial charge in [0.25, 0.3) is 5.56 Å². The number of hydrogen-bond acceptors (Lipinski definition) is 5. The molecule has 0 amide bonds. The van der Waals surface area contributed by atoms with Crippen LogP contribution >= 0.6 is 11.3 Å². The molecule has 5 nitrogen and oxygen atoms in total. The molecule has 3 aromatic rings. The summed E-state index contributed by atoms with van der Waals surface area (Å²) in [4.78, 5) is 17.3. The molecule has 0 unspecified atom stereocenters. The third-order valence-corrected chi connectivity index (χ3v) is 4.17. The van der Waals surface area contributed by atoms with E-state index in [1.54, 1.807) is 10.9 Å². The van der Waals surface area contributed by atoms with Crippen molar-refractivity contribution in [2.24, 2.45) is 0 Å². The van der Waals surface area contributed by atoms with Gasteiger partial charge in [0.05, 0.1) is 24.9 Å². The van der Waals surface area contributed by atoms with Crippen molar-refractivity contribution in [1.82, 2.24) is 9.55 Å². The first-order chi connectivity index (χ1) is 11.3. The molecule has 0 aliphatic rings. The lowest BCUT2D eigenvalue weighted by Crippen LogP contribution is -2.23. The fraction of sp³-hybridized carbons (Fsp3) is 0.294. The summed E-state index contributed by atoms with van der Waals surface area (Å²) < 4.78 is 12.8. The molecule has 0 bridgehead atoms. The van der Waals surface area contributed by atoms with Crippen LogP contribution in [0.15, 0.2) is 46.8 Å². The molecule has 3 rings (SSSR count). The predicted molar refractivity (Wildman–Crippen MR) is 91.6 cm³/mol. The number of hydrogen-bond donors (Lipinski definition) is 0. The molecule has 1 aromatic carbocycles. The van der Waals surface area contributed by atoms with Gasteiger partial charge in [0.2, 0.25) is 0 Å². The van der Waals surface area contributed by atoms with Gasteiger partial charge in [0.15, 0.2) is 0 Å². The van der Waals surface area contributed by atoms with Gasteiger partial charge in [-0.1, -0.05) is 6.92 Å². The van der Waals surface area contributed by atoms with E-state index in [1.165, 1.54) is 11.3 Å². The Morgan fingerprint density at radius 3 is 2.48 bits per heavy atom. The quantitative estimate of drug-likeness (QED) is 0.667. The fourth-order valence-electron chi connectivity index (χ4n) is 2.17. The minimum absolute atomic E-state index is 0.0248. The number of ether oxygens (including phenoxy) is 2. The van der Waals surface area contributed by atoms with Gasteiger partial charge in [-0.15, -0.1) is 11.3 Å². The lowest BCUT2D eigenvalue weighted by molar-refractivity contribution is 0.293. The van der Waals surface area contributed by atoms with Crippen LogP contribution in [0.1, 0.15) is 13.3 Å². The molecular formula is C17H18N2O3S. The maximum absolute atomic E-state index is 12.2. The van der Waals surface area contributed by atoms with Crippen LogP contribution in [0.3, 0.4) is 0 Å². The maximum Gasteiger partial charge on any atom is 0.262 e. The first kappa shape index (κ1) is 15.6. The molecule has 6 heteroatoms. The lowest BCUT2D eigenvalue weighted by atomic mass is 10.3. The summed E-state index contributed by atoms with van der Waals surface area (Å²) in [5.74, 6) is 1.59. The van der Waals surface area contributed by atoms with Crippen LogP contribution in [-0.2, 0) is 6.54 Å². The third kappa shape index (κ3) is 3.71. The smallest absolute Gasteiger partial charge is 0.262 e. The van der Waals surface area contributed by atoms with Crippen LogP contribution in [0.2, 0.25) is 0 Å². The topological polar surface area (TPSA) is 53.4 Å². The van der Waals surface area contributed by atoms with Crippen LogP contribution in [-0.4, -0.2) is 22.8 Å². The van der Waals surface area contributed by atoms with Crippen LogP contribution < -0.4 is 15.0 Å². The number of benzene rings is 1.